The van der Waals surface area contributed by atoms with Crippen molar-refractivity contribution < 1.29 is 4.52 Å². The largest absolute Gasteiger partial charge is 0.338 e. The van der Waals surface area contributed by atoms with Crippen molar-refractivity contribution in [2.45, 2.75) is 19.5 Å². The highest BCUT2D eigenvalue weighted by Crippen LogP contribution is 2.21. The molecule has 0 atom stereocenters. The molecule has 1 N–H and O–H groups in total. The Labute approximate surface area is 175 Å². The van der Waals surface area contributed by atoms with Crippen molar-refractivity contribution in [2.24, 2.45) is 0 Å². The molecule has 1 aliphatic heterocycles. The molecule has 0 radical (unpaired) electrons. The Hall–Kier alpha value is -3.43. The SMILES string of the molecule is O=c1[nH]c(-c2cncnc2)nc2c1CN(Cc1nc(-c3ccc(Cl)cc3)no1)CC2. The number of aromatic nitrogens is 6. The monoisotopic (exact) mass is 421 g/mol. The van der Waals surface area contributed by atoms with Crippen LogP contribution in [-0.2, 0) is 19.5 Å². The van der Waals surface area contributed by atoms with Crippen LogP contribution >= 0.6 is 11.6 Å². The van der Waals surface area contributed by atoms with Crippen molar-refractivity contribution in [2.75, 3.05) is 6.54 Å². The van der Waals surface area contributed by atoms with Crippen LogP contribution in [0.1, 0.15) is 17.1 Å². The normalized spacial score (nSPS) is 13.9. The Morgan fingerprint density at radius 1 is 1.10 bits per heavy atom. The van der Waals surface area contributed by atoms with E-state index in [1.165, 1.54) is 6.33 Å². The number of halogens is 1. The first kappa shape index (κ1) is 18.6. The number of fused-ring (bicyclic) bond motifs is 1. The third-order valence-electron chi connectivity index (χ3n) is 4.91. The van der Waals surface area contributed by atoms with Crippen molar-refractivity contribution in [1.82, 2.24) is 35.0 Å². The van der Waals surface area contributed by atoms with Gasteiger partial charge in [-0.2, -0.15) is 4.98 Å². The summed E-state index contributed by atoms with van der Waals surface area (Å²) >= 11 is 5.92. The van der Waals surface area contributed by atoms with Gasteiger partial charge in [-0.05, 0) is 24.3 Å². The van der Waals surface area contributed by atoms with Gasteiger partial charge in [0, 0.05) is 42.5 Å². The second-order valence-electron chi connectivity index (χ2n) is 6.95. The predicted molar refractivity (Wildman–Crippen MR) is 108 cm³/mol. The van der Waals surface area contributed by atoms with E-state index in [1.807, 2.05) is 12.1 Å². The minimum Gasteiger partial charge on any atom is -0.338 e. The maximum atomic E-state index is 12.6. The summed E-state index contributed by atoms with van der Waals surface area (Å²) < 4.78 is 5.40. The Kier molecular flexibility index (Phi) is 4.82. The predicted octanol–water partition coefficient (Wildman–Crippen LogP) is 2.49. The van der Waals surface area contributed by atoms with E-state index in [0.717, 1.165) is 17.8 Å². The lowest BCUT2D eigenvalue weighted by molar-refractivity contribution is 0.208. The zero-order chi connectivity index (χ0) is 20.5. The molecule has 150 valence electrons. The van der Waals surface area contributed by atoms with E-state index in [-0.39, 0.29) is 5.56 Å². The Balaban J connectivity index is 1.33. The Morgan fingerprint density at radius 3 is 2.70 bits per heavy atom. The lowest BCUT2D eigenvalue weighted by atomic mass is 10.1. The minimum absolute atomic E-state index is 0.157. The van der Waals surface area contributed by atoms with Gasteiger partial charge in [-0.15, -0.1) is 0 Å². The zero-order valence-electron chi connectivity index (χ0n) is 15.7. The molecule has 0 saturated heterocycles. The first-order valence-electron chi connectivity index (χ1n) is 9.34. The van der Waals surface area contributed by atoms with E-state index in [9.17, 15) is 4.79 Å². The summed E-state index contributed by atoms with van der Waals surface area (Å²) in [6.07, 6.45) is 5.34. The number of hydrogen-bond acceptors (Lipinski definition) is 8. The molecule has 0 spiro atoms. The third-order valence-corrected chi connectivity index (χ3v) is 5.16. The van der Waals surface area contributed by atoms with Gasteiger partial charge >= 0.3 is 0 Å². The topological polar surface area (TPSA) is 114 Å². The van der Waals surface area contributed by atoms with E-state index in [1.54, 1.807) is 24.5 Å². The Bertz CT molecular complexity index is 1240. The summed E-state index contributed by atoms with van der Waals surface area (Å²) in [7, 11) is 0. The minimum atomic E-state index is -0.157. The quantitative estimate of drug-likeness (QED) is 0.534. The standard InChI is InChI=1S/C20H16ClN7O2/c21-14-3-1-12(2-4-14)19-25-17(30-27-19)10-28-6-5-16-15(9-28)20(29)26-18(24-16)13-7-22-11-23-8-13/h1-4,7-8,11H,5-6,9-10H2,(H,24,26,29). The molecule has 0 bridgehead atoms. The summed E-state index contributed by atoms with van der Waals surface area (Å²) in [6.45, 7) is 1.64. The van der Waals surface area contributed by atoms with Crippen molar-refractivity contribution >= 4 is 11.6 Å². The van der Waals surface area contributed by atoms with E-state index >= 15 is 0 Å². The van der Waals surface area contributed by atoms with Crippen LogP contribution in [0.25, 0.3) is 22.8 Å². The maximum Gasteiger partial charge on any atom is 0.255 e. The number of nitrogens with zero attached hydrogens (tertiary/aromatic N) is 6. The van der Waals surface area contributed by atoms with E-state index in [0.29, 0.717) is 53.2 Å². The molecule has 0 fully saturated rings. The van der Waals surface area contributed by atoms with Gasteiger partial charge in [0.05, 0.1) is 23.4 Å². The van der Waals surface area contributed by atoms with Crippen LogP contribution in [0.5, 0.6) is 0 Å². The van der Waals surface area contributed by atoms with E-state index in [2.05, 4.69) is 35.0 Å². The highest BCUT2D eigenvalue weighted by Gasteiger charge is 2.23. The maximum absolute atomic E-state index is 12.6. The van der Waals surface area contributed by atoms with Crippen LogP contribution in [-0.4, -0.2) is 41.5 Å². The molecule has 1 aromatic carbocycles. The highest BCUT2D eigenvalue weighted by molar-refractivity contribution is 6.30. The fraction of sp³-hybridized carbons (Fsp3) is 0.200. The van der Waals surface area contributed by atoms with Crippen LogP contribution in [0.2, 0.25) is 5.02 Å². The molecule has 4 aromatic rings. The van der Waals surface area contributed by atoms with Gasteiger partial charge in [0.2, 0.25) is 11.7 Å². The summed E-state index contributed by atoms with van der Waals surface area (Å²) in [5.74, 6) is 1.48. The second kappa shape index (κ2) is 7.77. The molecule has 5 rings (SSSR count). The van der Waals surface area contributed by atoms with Crippen molar-refractivity contribution in [3.05, 3.63) is 75.5 Å². The van der Waals surface area contributed by atoms with Gasteiger partial charge in [-0.3, -0.25) is 9.69 Å². The lowest BCUT2D eigenvalue weighted by Gasteiger charge is -2.26. The molecule has 0 amide bonds. The number of nitrogens with one attached hydrogen (secondary N) is 1. The smallest absolute Gasteiger partial charge is 0.255 e. The van der Waals surface area contributed by atoms with Gasteiger partial charge in [0.1, 0.15) is 12.2 Å². The van der Waals surface area contributed by atoms with Crippen molar-refractivity contribution in [3.63, 3.8) is 0 Å². The molecule has 9 nitrogen and oxygen atoms in total. The molecule has 10 heteroatoms. The number of rotatable bonds is 4. The lowest BCUT2D eigenvalue weighted by Crippen LogP contribution is -2.35. The fourth-order valence-electron chi connectivity index (χ4n) is 3.40. The van der Waals surface area contributed by atoms with Gasteiger partial charge in [-0.1, -0.05) is 16.8 Å². The molecular weight excluding hydrogens is 406 g/mol. The molecule has 3 aromatic heterocycles. The first-order valence-corrected chi connectivity index (χ1v) is 9.72. The average Bonchev–Trinajstić information content (AvgIpc) is 3.23. The third kappa shape index (κ3) is 3.72. The summed E-state index contributed by atoms with van der Waals surface area (Å²) in [6, 6.07) is 7.25. The molecule has 4 heterocycles. The molecule has 0 saturated carbocycles. The summed E-state index contributed by atoms with van der Waals surface area (Å²) in [5.41, 5.74) is 2.80. The molecule has 30 heavy (non-hydrogen) atoms. The number of hydrogen-bond donors (Lipinski definition) is 1. The Morgan fingerprint density at radius 2 is 1.90 bits per heavy atom. The van der Waals surface area contributed by atoms with Gasteiger partial charge in [-0.25, -0.2) is 15.0 Å². The fourth-order valence-corrected chi connectivity index (χ4v) is 3.53. The highest BCUT2D eigenvalue weighted by atomic mass is 35.5. The first-order chi connectivity index (χ1) is 14.7. The van der Waals surface area contributed by atoms with Crippen LogP contribution in [0, 0.1) is 0 Å². The van der Waals surface area contributed by atoms with Crippen molar-refractivity contribution in [1.29, 1.82) is 0 Å². The van der Waals surface area contributed by atoms with Gasteiger partial charge in [0.15, 0.2) is 0 Å². The molecule has 0 unspecified atom stereocenters. The average molecular weight is 422 g/mol. The summed E-state index contributed by atoms with van der Waals surface area (Å²) in [4.78, 5) is 34.6. The van der Waals surface area contributed by atoms with E-state index < -0.39 is 0 Å². The molecule has 0 aliphatic carbocycles. The van der Waals surface area contributed by atoms with Crippen molar-refractivity contribution in [3.8, 4) is 22.8 Å². The van der Waals surface area contributed by atoms with Crippen LogP contribution < -0.4 is 5.56 Å². The van der Waals surface area contributed by atoms with Crippen LogP contribution in [0.3, 0.4) is 0 Å². The number of aromatic amines is 1. The van der Waals surface area contributed by atoms with Gasteiger partial charge < -0.3 is 9.51 Å². The molecule has 1 aliphatic rings. The summed E-state index contributed by atoms with van der Waals surface area (Å²) in [5, 5.41) is 4.69. The molecular formula is C20H16ClN7O2. The zero-order valence-corrected chi connectivity index (χ0v) is 16.5. The number of benzene rings is 1. The second-order valence-corrected chi connectivity index (χ2v) is 7.38. The van der Waals surface area contributed by atoms with Crippen LogP contribution in [0.15, 0.2) is 52.3 Å². The number of H-pyrrole nitrogens is 1. The van der Waals surface area contributed by atoms with Gasteiger partial charge in [0.25, 0.3) is 5.56 Å². The van der Waals surface area contributed by atoms with E-state index in [4.69, 9.17) is 16.1 Å². The van der Waals surface area contributed by atoms with Crippen LogP contribution in [0.4, 0.5) is 0 Å².